The molecule has 31 heavy (non-hydrogen) atoms. The Morgan fingerprint density at radius 2 is 1.81 bits per heavy atom. The topological polar surface area (TPSA) is 85.5 Å². The molecule has 2 aromatic carbocycles. The van der Waals surface area contributed by atoms with E-state index in [2.05, 4.69) is 10.1 Å². The van der Waals surface area contributed by atoms with Gasteiger partial charge in [-0.05, 0) is 44.2 Å². The van der Waals surface area contributed by atoms with Crippen LogP contribution in [0.25, 0.3) is 22.2 Å². The number of nitrogens with zero attached hydrogens (tertiary/aromatic N) is 3. The van der Waals surface area contributed by atoms with Crippen molar-refractivity contribution in [1.29, 1.82) is 0 Å². The van der Waals surface area contributed by atoms with Crippen LogP contribution in [0.3, 0.4) is 0 Å². The Bertz CT molecular complexity index is 1280. The maximum atomic E-state index is 13.3. The van der Waals surface area contributed by atoms with Crippen molar-refractivity contribution in [3.8, 4) is 27.9 Å². The van der Waals surface area contributed by atoms with Gasteiger partial charge in [0.1, 0.15) is 10.6 Å². The SMILES string of the molecule is CCOc1ccc(N(C)S(=O)(=O)c2cc(-c3nc(-c4ccccc4)no3)sc2C)cc1. The summed E-state index contributed by atoms with van der Waals surface area (Å²) in [5.74, 6) is 1.44. The van der Waals surface area contributed by atoms with Crippen LogP contribution in [0, 0.1) is 6.92 Å². The lowest BCUT2D eigenvalue weighted by atomic mass is 10.2. The van der Waals surface area contributed by atoms with E-state index in [4.69, 9.17) is 9.26 Å². The van der Waals surface area contributed by atoms with Gasteiger partial charge in [-0.25, -0.2) is 8.42 Å². The average molecular weight is 456 g/mol. The zero-order chi connectivity index (χ0) is 22.0. The van der Waals surface area contributed by atoms with Gasteiger partial charge in [0.15, 0.2) is 0 Å². The third kappa shape index (κ3) is 4.19. The van der Waals surface area contributed by atoms with Gasteiger partial charge in [0.25, 0.3) is 15.9 Å². The molecule has 0 amide bonds. The molecule has 4 rings (SSSR count). The molecule has 0 spiro atoms. The molecule has 0 aliphatic rings. The van der Waals surface area contributed by atoms with Gasteiger partial charge in [0.2, 0.25) is 5.82 Å². The molecule has 0 unspecified atom stereocenters. The summed E-state index contributed by atoms with van der Waals surface area (Å²) in [5, 5.41) is 4.02. The fraction of sp³-hybridized carbons (Fsp3) is 0.182. The number of sulfonamides is 1. The number of aryl methyl sites for hydroxylation is 1. The number of thiophene rings is 1. The van der Waals surface area contributed by atoms with E-state index in [9.17, 15) is 8.42 Å². The van der Waals surface area contributed by atoms with E-state index in [0.717, 1.165) is 5.56 Å². The molecule has 160 valence electrons. The summed E-state index contributed by atoms with van der Waals surface area (Å²) in [4.78, 5) is 5.89. The van der Waals surface area contributed by atoms with Crippen molar-refractivity contribution in [2.75, 3.05) is 18.0 Å². The second kappa shape index (κ2) is 8.52. The molecular weight excluding hydrogens is 434 g/mol. The second-order valence-corrected chi connectivity index (χ2v) is 9.91. The van der Waals surface area contributed by atoms with Gasteiger partial charge in [0.05, 0.1) is 17.2 Å². The number of benzene rings is 2. The minimum atomic E-state index is -3.77. The van der Waals surface area contributed by atoms with Gasteiger partial charge in [-0.1, -0.05) is 35.5 Å². The Balaban J connectivity index is 1.63. The molecule has 0 saturated carbocycles. The Kier molecular flexibility index (Phi) is 5.79. The van der Waals surface area contributed by atoms with Crippen LogP contribution in [0.2, 0.25) is 0 Å². The predicted molar refractivity (Wildman–Crippen MR) is 121 cm³/mol. The first-order valence-electron chi connectivity index (χ1n) is 9.62. The Hall–Kier alpha value is -3.17. The van der Waals surface area contributed by atoms with Crippen molar-refractivity contribution in [3.63, 3.8) is 0 Å². The maximum absolute atomic E-state index is 13.3. The molecular formula is C22H21N3O4S2. The summed E-state index contributed by atoms with van der Waals surface area (Å²) in [6, 6.07) is 18.0. The molecule has 2 aromatic heterocycles. The monoisotopic (exact) mass is 455 g/mol. The van der Waals surface area contributed by atoms with Crippen molar-refractivity contribution in [1.82, 2.24) is 10.1 Å². The van der Waals surface area contributed by atoms with E-state index in [-0.39, 0.29) is 10.8 Å². The summed E-state index contributed by atoms with van der Waals surface area (Å²) >= 11 is 1.30. The fourth-order valence-corrected chi connectivity index (χ4v) is 5.74. The Morgan fingerprint density at radius 1 is 1.10 bits per heavy atom. The zero-order valence-corrected chi connectivity index (χ0v) is 18.9. The quantitative estimate of drug-likeness (QED) is 0.390. The largest absolute Gasteiger partial charge is 0.494 e. The highest BCUT2D eigenvalue weighted by molar-refractivity contribution is 7.93. The van der Waals surface area contributed by atoms with Gasteiger partial charge >= 0.3 is 0 Å². The number of anilines is 1. The molecule has 0 fully saturated rings. The van der Waals surface area contributed by atoms with Crippen LogP contribution in [-0.4, -0.2) is 32.2 Å². The molecule has 9 heteroatoms. The van der Waals surface area contributed by atoms with Gasteiger partial charge in [-0.3, -0.25) is 4.31 Å². The van der Waals surface area contributed by atoms with Crippen molar-refractivity contribution in [2.45, 2.75) is 18.7 Å². The van der Waals surface area contributed by atoms with Gasteiger partial charge < -0.3 is 9.26 Å². The van der Waals surface area contributed by atoms with Crippen molar-refractivity contribution >= 4 is 27.0 Å². The maximum Gasteiger partial charge on any atom is 0.268 e. The van der Waals surface area contributed by atoms with Crippen LogP contribution >= 0.6 is 11.3 Å². The molecule has 0 saturated heterocycles. The van der Waals surface area contributed by atoms with E-state index in [1.54, 1.807) is 37.3 Å². The molecule has 0 bridgehead atoms. The van der Waals surface area contributed by atoms with E-state index < -0.39 is 10.0 Å². The highest BCUT2D eigenvalue weighted by Gasteiger charge is 2.27. The molecule has 0 aliphatic carbocycles. The van der Waals surface area contributed by atoms with Gasteiger partial charge in [-0.2, -0.15) is 4.98 Å². The molecule has 7 nitrogen and oxygen atoms in total. The van der Waals surface area contributed by atoms with Gasteiger partial charge in [-0.15, -0.1) is 11.3 Å². The van der Waals surface area contributed by atoms with E-state index in [1.807, 2.05) is 37.3 Å². The van der Waals surface area contributed by atoms with E-state index in [0.29, 0.717) is 33.6 Å². The Morgan fingerprint density at radius 3 is 2.48 bits per heavy atom. The number of ether oxygens (including phenoxy) is 1. The number of hydrogen-bond donors (Lipinski definition) is 0. The van der Waals surface area contributed by atoms with Crippen LogP contribution in [0.5, 0.6) is 5.75 Å². The summed E-state index contributed by atoms with van der Waals surface area (Å²) in [7, 11) is -2.24. The zero-order valence-electron chi connectivity index (χ0n) is 17.3. The van der Waals surface area contributed by atoms with Crippen LogP contribution in [-0.2, 0) is 10.0 Å². The first-order chi connectivity index (χ1) is 14.9. The highest BCUT2D eigenvalue weighted by Crippen LogP contribution is 2.36. The highest BCUT2D eigenvalue weighted by atomic mass is 32.2. The third-order valence-electron chi connectivity index (χ3n) is 4.69. The predicted octanol–water partition coefficient (Wildman–Crippen LogP) is 5.00. The second-order valence-electron chi connectivity index (χ2n) is 6.72. The summed E-state index contributed by atoms with van der Waals surface area (Å²) < 4.78 is 38.6. The van der Waals surface area contributed by atoms with Crippen LogP contribution in [0.15, 0.2) is 70.1 Å². The smallest absolute Gasteiger partial charge is 0.268 e. The van der Waals surface area contributed by atoms with Crippen LogP contribution < -0.4 is 9.04 Å². The minimum absolute atomic E-state index is 0.211. The van der Waals surface area contributed by atoms with Crippen molar-refractivity contribution in [2.24, 2.45) is 0 Å². The minimum Gasteiger partial charge on any atom is -0.494 e. The first kappa shape index (κ1) is 21.1. The first-order valence-corrected chi connectivity index (χ1v) is 11.9. The van der Waals surface area contributed by atoms with Crippen LogP contribution in [0.4, 0.5) is 5.69 Å². The van der Waals surface area contributed by atoms with Gasteiger partial charge in [0, 0.05) is 17.5 Å². The van der Waals surface area contributed by atoms with Crippen molar-refractivity contribution in [3.05, 3.63) is 65.5 Å². The lowest BCUT2D eigenvalue weighted by molar-refractivity contribution is 0.340. The molecule has 0 N–H and O–H groups in total. The molecule has 0 radical (unpaired) electrons. The van der Waals surface area contributed by atoms with E-state index in [1.165, 1.54) is 22.7 Å². The van der Waals surface area contributed by atoms with Crippen molar-refractivity contribution < 1.29 is 17.7 Å². The molecule has 4 aromatic rings. The number of hydrogen-bond acceptors (Lipinski definition) is 7. The summed E-state index contributed by atoms with van der Waals surface area (Å²) in [6.07, 6.45) is 0. The lowest BCUT2D eigenvalue weighted by Crippen LogP contribution is -2.26. The lowest BCUT2D eigenvalue weighted by Gasteiger charge is -2.19. The van der Waals surface area contributed by atoms with Crippen LogP contribution in [0.1, 0.15) is 11.8 Å². The molecule has 2 heterocycles. The number of rotatable bonds is 7. The number of aromatic nitrogens is 2. The van der Waals surface area contributed by atoms with E-state index >= 15 is 0 Å². The Labute approximate surface area is 185 Å². The molecule has 0 atom stereocenters. The third-order valence-corrected chi connectivity index (χ3v) is 7.77. The normalized spacial score (nSPS) is 11.5. The molecule has 0 aliphatic heterocycles. The summed E-state index contributed by atoms with van der Waals surface area (Å²) in [6.45, 7) is 4.21. The summed E-state index contributed by atoms with van der Waals surface area (Å²) in [5.41, 5.74) is 1.37. The average Bonchev–Trinajstić information content (AvgIpc) is 3.42. The standard InChI is InChI=1S/C22H21N3O4S2/c1-4-28-18-12-10-17(11-13-18)25(3)31(26,27)20-14-19(30-15(20)2)22-23-21(24-29-22)16-8-6-5-7-9-16/h5-14H,4H2,1-3H3. The fourth-order valence-electron chi connectivity index (χ4n) is 3.06.